The van der Waals surface area contributed by atoms with Crippen LogP contribution < -0.4 is 5.32 Å². The molecule has 5 heteroatoms. The van der Waals surface area contributed by atoms with Crippen molar-refractivity contribution in [3.05, 3.63) is 33.3 Å². The van der Waals surface area contributed by atoms with Crippen LogP contribution in [0.1, 0.15) is 25.8 Å². The second-order valence-electron chi connectivity index (χ2n) is 4.64. The number of carboxylic acid groups (broad SMARTS) is 1. The summed E-state index contributed by atoms with van der Waals surface area (Å²) in [6, 6.07) is 4.96. The Morgan fingerprint density at radius 3 is 2.67 bits per heavy atom. The molecule has 1 aromatic carbocycles. The number of rotatable bonds is 6. The average Bonchev–Trinajstić information content (AvgIpc) is 2.25. The molecule has 0 bridgehead atoms. The molecule has 3 nitrogen and oxygen atoms in total. The van der Waals surface area contributed by atoms with Crippen LogP contribution in [0.4, 0.5) is 0 Å². The molecule has 0 aromatic heterocycles. The Labute approximate surface area is 121 Å². The molecule has 1 atom stereocenters. The lowest BCUT2D eigenvalue weighted by Gasteiger charge is -2.17. The third-order valence-corrected chi connectivity index (χ3v) is 3.53. The molecule has 2 N–H and O–H groups in total. The van der Waals surface area contributed by atoms with Gasteiger partial charge in [0.2, 0.25) is 0 Å². The van der Waals surface area contributed by atoms with Crippen LogP contribution in [-0.4, -0.2) is 17.1 Å². The number of nitrogens with one attached hydrogen (secondary N) is 1. The summed E-state index contributed by atoms with van der Waals surface area (Å²) in [7, 11) is 0. The third kappa shape index (κ3) is 4.96. The summed E-state index contributed by atoms with van der Waals surface area (Å²) in [6.07, 6.45) is 0.612. The van der Waals surface area contributed by atoms with Gasteiger partial charge in [-0.3, -0.25) is 4.79 Å². The lowest BCUT2D eigenvalue weighted by molar-refractivity contribution is -0.140. The number of halogens is 2. The molecule has 0 fully saturated rings. The van der Waals surface area contributed by atoms with Crippen molar-refractivity contribution in [2.24, 2.45) is 5.92 Å². The van der Waals surface area contributed by atoms with Gasteiger partial charge in [-0.2, -0.15) is 0 Å². The standard InChI is InChI=1S/C13H17BrClNO2/c1-8(2)5-12(13(17)18)16-7-9-3-4-10(15)6-11(9)14/h3-4,6,8,12,16H,5,7H2,1-2H3,(H,17,18). The highest BCUT2D eigenvalue weighted by molar-refractivity contribution is 9.10. The van der Waals surface area contributed by atoms with Gasteiger partial charge in [0.1, 0.15) is 6.04 Å². The van der Waals surface area contributed by atoms with Crippen LogP contribution in [0.3, 0.4) is 0 Å². The predicted octanol–water partition coefficient (Wildman–Crippen LogP) is 3.69. The minimum Gasteiger partial charge on any atom is -0.480 e. The highest BCUT2D eigenvalue weighted by atomic mass is 79.9. The van der Waals surface area contributed by atoms with Gasteiger partial charge < -0.3 is 10.4 Å². The molecule has 0 heterocycles. The summed E-state index contributed by atoms with van der Waals surface area (Å²) >= 11 is 9.27. The van der Waals surface area contributed by atoms with Crippen molar-refractivity contribution in [3.8, 4) is 0 Å². The summed E-state index contributed by atoms with van der Waals surface area (Å²) in [6.45, 7) is 4.52. The molecule has 0 saturated carbocycles. The fourth-order valence-electron chi connectivity index (χ4n) is 1.64. The molecule has 0 aliphatic carbocycles. The van der Waals surface area contributed by atoms with E-state index in [1.165, 1.54) is 0 Å². The van der Waals surface area contributed by atoms with Gasteiger partial charge in [0, 0.05) is 16.0 Å². The Morgan fingerprint density at radius 2 is 2.17 bits per heavy atom. The lowest BCUT2D eigenvalue weighted by atomic mass is 10.0. The first-order valence-corrected chi connectivity index (χ1v) is 6.97. The average molecular weight is 335 g/mol. The van der Waals surface area contributed by atoms with Crippen LogP contribution in [0.5, 0.6) is 0 Å². The number of carboxylic acids is 1. The number of hydrogen-bond acceptors (Lipinski definition) is 2. The second kappa shape index (κ2) is 7.12. The largest absolute Gasteiger partial charge is 0.480 e. The molecular formula is C13H17BrClNO2. The summed E-state index contributed by atoms with van der Waals surface area (Å²) in [4.78, 5) is 11.1. The summed E-state index contributed by atoms with van der Waals surface area (Å²) in [5.74, 6) is -0.471. The molecule has 1 aromatic rings. The summed E-state index contributed by atoms with van der Waals surface area (Å²) < 4.78 is 0.885. The van der Waals surface area contributed by atoms with E-state index in [2.05, 4.69) is 21.2 Å². The normalized spacial score (nSPS) is 12.7. The molecule has 0 aliphatic heterocycles. The minimum atomic E-state index is -0.811. The van der Waals surface area contributed by atoms with Crippen LogP contribution in [-0.2, 0) is 11.3 Å². The third-order valence-electron chi connectivity index (χ3n) is 2.56. The molecule has 0 radical (unpaired) electrons. The maximum Gasteiger partial charge on any atom is 0.320 e. The quantitative estimate of drug-likeness (QED) is 0.834. The Balaban J connectivity index is 2.64. The number of hydrogen-bond donors (Lipinski definition) is 2. The molecule has 1 unspecified atom stereocenters. The fourth-order valence-corrected chi connectivity index (χ4v) is 2.46. The van der Waals surface area contributed by atoms with Gasteiger partial charge in [0.25, 0.3) is 0 Å². The van der Waals surface area contributed by atoms with E-state index in [1.54, 1.807) is 12.1 Å². The van der Waals surface area contributed by atoms with Crippen molar-refractivity contribution >= 4 is 33.5 Å². The van der Waals surface area contributed by atoms with E-state index in [9.17, 15) is 4.79 Å². The number of benzene rings is 1. The molecule has 100 valence electrons. The SMILES string of the molecule is CC(C)CC(NCc1ccc(Cl)cc1Br)C(=O)O. The maximum atomic E-state index is 11.1. The second-order valence-corrected chi connectivity index (χ2v) is 5.93. The summed E-state index contributed by atoms with van der Waals surface area (Å²) in [5.41, 5.74) is 0.995. The van der Waals surface area contributed by atoms with E-state index in [0.29, 0.717) is 23.9 Å². The summed E-state index contributed by atoms with van der Waals surface area (Å²) in [5, 5.41) is 12.8. The zero-order valence-electron chi connectivity index (χ0n) is 10.4. The first-order valence-electron chi connectivity index (χ1n) is 5.80. The van der Waals surface area contributed by atoms with Gasteiger partial charge in [0.05, 0.1) is 0 Å². The van der Waals surface area contributed by atoms with Crippen molar-refractivity contribution in [1.82, 2.24) is 5.32 Å². The van der Waals surface area contributed by atoms with Gasteiger partial charge in [0.15, 0.2) is 0 Å². The highest BCUT2D eigenvalue weighted by Gasteiger charge is 2.18. The monoisotopic (exact) mass is 333 g/mol. The number of aliphatic carboxylic acids is 1. The Bertz CT molecular complexity index is 423. The van der Waals surface area contributed by atoms with Crippen LogP contribution >= 0.6 is 27.5 Å². The Kier molecular flexibility index (Phi) is 6.12. The molecule has 0 spiro atoms. The van der Waals surface area contributed by atoms with Crippen molar-refractivity contribution in [2.45, 2.75) is 32.9 Å². The predicted molar refractivity (Wildman–Crippen MR) is 76.9 cm³/mol. The molecule has 1 rings (SSSR count). The van der Waals surface area contributed by atoms with E-state index >= 15 is 0 Å². The zero-order valence-corrected chi connectivity index (χ0v) is 12.8. The minimum absolute atomic E-state index is 0.340. The van der Waals surface area contributed by atoms with Crippen molar-refractivity contribution in [1.29, 1.82) is 0 Å². The molecule has 0 saturated heterocycles. The van der Waals surface area contributed by atoms with Crippen molar-refractivity contribution < 1.29 is 9.90 Å². The molecule has 0 amide bonds. The molecule has 18 heavy (non-hydrogen) atoms. The van der Waals surface area contributed by atoms with Gasteiger partial charge >= 0.3 is 5.97 Å². The van der Waals surface area contributed by atoms with Crippen LogP contribution in [0.25, 0.3) is 0 Å². The van der Waals surface area contributed by atoms with E-state index in [-0.39, 0.29) is 0 Å². The van der Waals surface area contributed by atoms with Crippen molar-refractivity contribution in [2.75, 3.05) is 0 Å². The molecular weight excluding hydrogens is 318 g/mol. The number of carbonyl (C=O) groups is 1. The van der Waals surface area contributed by atoms with Gasteiger partial charge in [-0.25, -0.2) is 0 Å². The molecule has 0 aliphatic rings. The lowest BCUT2D eigenvalue weighted by Crippen LogP contribution is -2.37. The smallest absolute Gasteiger partial charge is 0.320 e. The van der Waals surface area contributed by atoms with E-state index in [4.69, 9.17) is 16.7 Å². The van der Waals surface area contributed by atoms with Crippen molar-refractivity contribution in [3.63, 3.8) is 0 Å². The van der Waals surface area contributed by atoms with E-state index < -0.39 is 12.0 Å². The highest BCUT2D eigenvalue weighted by Crippen LogP contribution is 2.21. The maximum absolute atomic E-state index is 11.1. The first kappa shape index (κ1) is 15.5. The van der Waals surface area contributed by atoms with Crippen LogP contribution in [0.15, 0.2) is 22.7 Å². The van der Waals surface area contributed by atoms with E-state index in [1.807, 2.05) is 19.9 Å². The van der Waals surface area contributed by atoms with Crippen LogP contribution in [0, 0.1) is 5.92 Å². The Hall–Kier alpha value is -0.580. The van der Waals surface area contributed by atoms with Gasteiger partial charge in [-0.05, 0) is 30.0 Å². The fraction of sp³-hybridized carbons (Fsp3) is 0.462. The van der Waals surface area contributed by atoms with Gasteiger partial charge in [-0.15, -0.1) is 0 Å². The van der Waals surface area contributed by atoms with E-state index in [0.717, 1.165) is 10.0 Å². The van der Waals surface area contributed by atoms with Gasteiger partial charge in [-0.1, -0.05) is 47.4 Å². The topological polar surface area (TPSA) is 49.3 Å². The first-order chi connectivity index (χ1) is 8.40. The Morgan fingerprint density at radius 1 is 1.50 bits per heavy atom. The zero-order chi connectivity index (χ0) is 13.7. The van der Waals surface area contributed by atoms with Crippen LogP contribution in [0.2, 0.25) is 5.02 Å².